The SMILES string of the molecule is Cc1cccc(N2CCN(c3ccnc(Nc4ccccc4C)n3)CC2)c1. The maximum atomic E-state index is 4.73. The summed E-state index contributed by atoms with van der Waals surface area (Å²) in [7, 11) is 0. The predicted octanol–water partition coefficient (Wildman–Crippen LogP) is 4.16. The Balaban J connectivity index is 1.43. The quantitative estimate of drug-likeness (QED) is 0.758. The van der Waals surface area contributed by atoms with Gasteiger partial charge in [0.1, 0.15) is 5.82 Å². The predicted molar refractivity (Wildman–Crippen MR) is 112 cm³/mol. The summed E-state index contributed by atoms with van der Waals surface area (Å²) in [6.45, 7) is 8.12. The molecule has 1 N–H and O–H groups in total. The van der Waals surface area contributed by atoms with E-state index in [4.69, 9.17) is 4.98 Å². The van der Waals surface area contributed by atoms with E-state index in [2.05, 4.69) is 64.3 Å². The molecule has 27 heavy (non-hydrogen) atoms. The number of nitrogens with one attached hydrogen (secondary N) is 1. The second-order valence-electron chi connectivity index (χ2n) is 6.99. The minimum atomic E-state index is 0.642. The van der Waals surface area contributed by atoms with Gasteiger partial charge in [-0.1, -0.05) is 30.3 Å². The molecule has 0 bridgehead atoms. The lowest BCUT2D eigenvalue weighted by Gasteiger charge is -2.36. The summed E-state index contributed by atoms with van der Waals surface area (Å²) in [6.07, 6.45) is 1.83. The van der Waals surface area contributed by atoms with Crippen LogP contribution in [0.2, 0.25) is 0 Å². The van der Waals surface area contributed by atoms with Crippen molar-refractivity contribution in [2.45, 2.75) is 13.8 Å². The fraction of sp³-hybridized carbons (Fsp3) is 0.273. The molecule has 3 aromatic rings. The van der Waals surface area contributed by atoms with Gasteiger partial charge in [-0.25, -0.2) is 4.98 Å². The molecule has 0 atom stereocenters. The molecule has 0 radical (unpaired) electrons. The van der Waals surface area contributed by atoms with Crippen LogP contribution in [-0.4, -0.2) is 36.1 Å². The minimum absolute atomic E-state index is 0.642. The lowest BCUT2D eigenvalue weighted by molar-refractivity contribution is 0.647. The molecule has 2 aromatic carbocycles. The van der Waals surface area contributed by atoms with Crippen LogP contribution in [0.5, 0.6) is 0 Å². The van der Waals surface area contributed by atoms with Gasteiger partial charge in [0.15, 0.2) is 0 Å². The number of aromatic nitrogens is 2. The number of hydrogen-bond donors (Lipinski definition) is 1. The van der Waals surface area contributed by atoms with E-state index in [1.807, 2.05) is 30.5 Å². The van der Waals surface area contributed by atoms with Crippen LogP contribution in [0.15, 0.2) is 60.8 Å². The minimum Gasteiger partial charge on any atom is -0.368 e. The van der Waals surface area contributed by atoms with Gasteiger partial charge in [0.25, 0.3) is 0 Å². The van der Waals surface area contributed by atoms with Gasteiger partial charge in [0.2, 0.25) is 5.95 Å². The summed E-state index contributed by atoms with van der Waals surface area (Å²) in [5.41, 5.74) is 4.83. The molecule has 0 aliphatic carbocycles. The largest absolute Gasteiger partial charge is 0.368 e. The van der Waals surface area contributed by atoms with E-state index in [9.17, 15) is 0 Å². The van der Waals surface area contributed by atoms with Gasteiger partial charge in [-0.3, -0.25) is 0 Å². The molecule has 138 valence electrons. The fourth-order valence-corrected chi connectivity index (χ4v) is 3.44. The van der Waals surface area contributed by atoms with E-state index in [0.717, 1.165) is 37.7 Å². The Morgan fingerprint density at radius 2 is 1.63 bits per heavy atom. The van der Waals surface area contributed by atoms with Crippen LogP contribution >= 0.6 is 0 Å². The Bertz CT molecular complexity index is 916. The van der Waals surface area contributed by atoms with Gasteiger partial charge in [-0.15, -0.1) is 0 Å². The first-order valence-corrected chi connectivity index (χ1v) is 9.41. The smallest absolute Gasteiger partial charge is 0.229 e. The second kappa shape index (κ2) is 7.66. The molecule has 0 saturated carbocycles. The summed E-state index contributed by atoms with van der Waals surface area (Å²) >= 11 is 0. The van der Waals surface area contributed by atoms with Crippen molar-refractivity contribution < 1.29 is 0 Å². The second-order valence-corrected chi connectivity index (χ2v) is 6.99. The van der Waals surface area contributed by atoms with E-state index >= 15 is 0 Å². The molecule has 1 saturated heterocycles. The number of anilines is 4. The molecular weight excluding hydrogens is 334 g/mol. The highest BCUT2D eigenvalue weighted by atomic mass is 15.3. The van der Waals surface area contributed by atoms with Gasteiger partial charge in [-0.2, -0.15) is 4.98 Å². The maximum absolute atomic E-state index is 4.73. The van der Waals surface area contributed by atoms with Gasteiger partial charge >= 0.3 is 0 Å². The number of piperazine rings is 1. The summed E-state index contributed by atoms with van der Waals surface area (Å²) < 4.78 is 0. The maximum Gasteiger partial charge on any atom is 0.229 e. The van der Waals surface area contributed by atoms with Crippen molar-refractivity contribution in [1.82, 2.24) is 9.97 Å². The Morgan fingerprint density at radius 3 is 2.41 bits per heavy atom. The third-order valence-electron chi connectivity index (χ3n) is 5.00. The number of benzene rings is 2. The molecular formula is C22H25N5. The third-order valence-corrected chi connectivity index (χ3v) is 5.00. The number of rotatable bonds is 4. The highest BCUT2D eigenvalue weighted by Gasteiger charge is 2.19. The first-order chi connectivity index (χ1) is 13.2. The molecule has 0 spiro atoms. The van der Waals surface area contributed by atoms with Crippen LogP contribution in [0.25, 0.3) is 0 Å². The summed E-state index contributed by atoms with van der Waals surface area (Å²) in [5.74, 6) is 1.62. The van der Waals surface area contributed by atoms with Gasteiger partial charge in [0.05, 0.1) is 0 Å². The van der Waals surface area contributed by atoms with Crippen molar-refractivity contribution in [1.29, 1.82) is 0 Å². The van der Waals surface area contributed by atoms with Crippen molar-refractivity contribution in [2.24, 2.45) is 0 Å². The van der Waals surface area contributed by atoms with Crippen LogP contribution in [0.4, 0.5) is 23.1 Å². The molecule has 1 aliphatic heterocycles. The van der Waals surface area contributed by atoms with Crippen LogP contribution < -0.4 is 15.1 Å². The van der Waals surface area contributed by atoms with Crippen LogP contribution in [-0.2, 0) is 0 Å². The molecule has 5 nitrogen and oxygen atoms in total. The standard InChI is InChI=1S/C22H25N5/c1-17-6-5-8-19(16-17)26-12-14-27(15-13-26)21-10-11-23-22(25-21)24-20-9-4-3-7-18(20)2/h3-11,16H,12-15H2,1-2H3,(H,23,24,25). The van der Waals surface area contributed by atoms with E-state index in [1.54, 1.807) is 0 Å². The van der Waals surface area contributed by atoms with E-state index in [1.165, 1.54) is 16.8 Å². The van der Waals surface area contributed by atoms with Crippen molar-refractivity contribution in [3.05, 3.63) is 71.9 Å². The topological polar surface area (TPSA) is 44.3 Å². The average molecular weight is 359 g/mol. The third kappa shape index (κ3) is 4.03. The zero-order chi connectivity index (χ0) is 18.6. The summed E-state index contributed by atoms with van der Waals surface area (Å²) in [5, 5.41) is 3.33. The van der Waals surface area contributed by atoms with Crippen molar-refractivity contribution in [3.63, 3.8) is 0 Å². The van der Waals surface area contributed by atoms with Crippen molar-refractivity contribution >= 4 is 23.1 Å². The highest BCUT2D eigenvalue weighted by molar-refractivity contribution is 5.59. The highest BCUT2D eigenvalue weighted by Crippen LogP contribution is 2.22. The Labute approximate surface area is 160 Å². The normalized spacial score (nSPS) is 14.3. The lowest BCUT2D eigenvalue weighted by Crippen LogP contribution is -2.46. The summed E-state index contributed by atoms with van der Waals surface area (Å²) in [4.78, 5) is 13.9. The molecule has 1 aromatic heterocycles. The van der Waals surface area contributed by atoms with Gasteiger partial charge in [-0.05, 0) is 49.2 Å². The number of nitrogens with zero attached hydrogens (tertiary/aromatic N) is 4. The molecule has 0 amide bonds. The molecule has 2 heterocycles. The van der Waals surface area contributed by atoms with E-state index in [-0.39, 0.29) is 0 Å². The molecule has 1 fully saturated rings. The van der Waals surface area contributed by atoms with E-state index < -0.39 is 0 Å². The zero-order valence-electron chi connectivity index (χ0n) is 15.9. The average Bonchev–Trinajstić information content (AvgIpc) is 2.70. The van der Waals surface area contributed by atoms with E-state index in [0.29, 0.717) is 5.95 Å². The first-order valence-electron chi connectivity index (χ1n) is 9.41. The lowest BCUT2D eigenvalue weighted by atomic mass is 10.2. The Hall–Kier alpha value is -3.08. The Morgan fingerprint density at radius 1 is 0.852 bits per heavy atom. The molecule has 5 heteroatoms. The van der Waals surface area contributed by atoms with Crippen molar-refractivity contribution in [3.8, 4) is 0 Å². The van der Waals surface area contributed by atoms with Crippen LogP contribution in [0, 0.1) is 13.8 Å². The van der Waals surface area contributed by atoms with Crippen LogP contribution in [0.1, 0.15) is 11.1 Å². The first kappa shape index (κ1) is 17.3. The monoisotopic (exact) mass is 359 g/mol. The van der Waals surface area contributed by atoms with Gasteiger partial charge in [0, 0.05) is 43.8 Å². The zero-order valence-corrected chi connectivity index (χ0v) is 15.9. The fourth-order valence-electron chi connectivity index (χ4n) is 3.44. The molecule has 1 aliphatic rings. The van der Waals surface area contributed by atoms with Crippen molar-refractivity contribution in [2.75, 3.05) is 41.3 Å². The Kier molecular flexibility index (Phi) is 4.92. The number of aryl methyl sites for hydroxylation is 2. The van der Waals surface area contributed by atoms with Gasteiger partial charge < -0.3 is 15.1 Å². The molecule has 0 unspecified atom stereocenters. The van der Waals surface area contributed by atoms with Crippen LogP contribution in [0.3, 0.4) is 0 Å². The number of para-hydroxylation sites is 1. The number of hydrogen-bond acceptors (Lipinski definition) is 5. The summed E-state index contributed by atoms with van der Waals surface area (Å²) in [6, 6.07) is 18.9. The molecule has 4 rings (SSSR count).